The molecule has 1 fully saturated rings. The van der Waals surface area contributed by atoms with Crippen LogP contribution in [0.25, 0.3) is 0 Å². The van der Waals surface area contributed by atoms with Crippen LogP contribution in [-0.4, -0.2) is 39.8 Å². The number of rotatable bonds is 6. The molecule has 4 rings (SSSR count). The summed E-state index contributed by atoms with van der Waals surface area (Å²) in [6.45, 7) is 7.26. The van der Waals surface area contributed by atoms with E-state index < -0.39 is 0 Å². The van der Waals surface area contributed by atoms with Gasteiger partial charge in [-0.1, -0.05) is 53.7 Å². The molecule has 1 amide bonds. The van der Waals surface area contributed by atoms with Crippen molar-refractivity contribution in [2.75, 3.05) is 13.1 Å². The van der Waals surface area contributed by atoms with Gasteiger partial charge in [-0.15, -0.1) is 0 Å². The van der Waals surface area contributed by atoms with Gasteiger partial charge in [0.25, 0.3) is 0 Å². The molecule has 164 valence electrons. The third kappa shape index (κ3) is 4.57. The molecule has 1 aromatic heterocycles. The van der Waals surface area contributed by atoms with E-state index in [9.17, 15) is 10.0 Å². The number of carbonyl (C=O) groups excluding carboxylic acids is 1. The average molecular weight is 428 g/mol. The number of likely N-dealkylation sites (tertiary alicyclic amines) is 1. The number of pyridine rings is 1. The number of amides is 1. The van der Waals surface area contributed by atoms with Gasteiger partial charge in [0.05, 0.1) is 5.71 Å². The predicted molar refractivity (Wildman–Crippen MR) is 126 cm³/mol. The number of oxime groups is 1. The number of hydrogen-bond donors (Lipinski definition) is 1. The van der Waals surface area contributed by atoms with Crippen molar-refractivity contribution in [1.82, 2.24) is 9.88 Å². The zero-order valence-corrected chi connectivity index (χ0v) is 18.8. The fourth-order valence-electron chi connectivity index (χ4n) is 4.47. The van der Waals surface area contributed by atoms with Crippen molar-refractivity contribution < 1.29 is 10.0 Å². The summed E-state index contributed by atoms with van der Waals surface area (Å²) in [7, 11) is 0. The normalized spacial score (nSPS) is 15.3. The van der Waals surface area contributed by atoms with Gasteiger partial charge in [-0.05, 0) is 48.2 Å². The molecule has 1 aliphatic rings. The monoisotopic (exact) mass is 427 g/mol. The highest BCUT2D eigenvalue weighted by molar-refractivity contribution is 6.01. The Morgan fingerprint density at radius 1 is 1.12 bits per heavy atom. The second-order valence-corrected chi connectivity index (χ2v) is 8.63. The van der Waals surface area contributed by atoms with Gasteiger partial charge in [0, 0.05) is 55.7 Å². The van der Waals surface area contributed by atoms with Crippen molar-refractivity contribution in [2.45, 2.75) is 39.0 Å². The summed E-state index contributed by atoms with van der Waals surface area (Å²) in [4.78, 5) is 17.6. The lowest BCUT2D eigenvalue weighted by molar-refractivity contribution is -0.133. The zero-order chi connectivity index (χ0) is 22.7. The van der Waals surface area contributed by atoms with Gasteiger partial charge in [0.1, 0.15) is 0 Å². The minimum absolute atomic E-state index is 0.0553. The maximum atomic E-state index is 11.5. The molecule has 5 heteroatoms. The van der Waals surface area contributed by atoms with E-state index in [1.54, 1.807) is 13.1 Å². The Bertz CT molecular complexity index is 1130. The van der Waals surface area contributed by atoms with Gasteiger partial charge >= 0.3 is 0 Å². The Morgan fingerprint density at radius 3 is 2.47 bits per heavy atom. The number of nitrogens with zero attached hydrogens (tertiary/aromatic N) is 3. The van der Waals surface area contributed by atoms with E-state index in [1.807, 2.05) is 30.0 Å². The minimum Gasteiger partial charge on any atom is -0.411 e. The van der Waals surface area contributed by atoms with E-state index in [-0.39, 0.29) is 11.8 Å². The van der Waals surface area contributed by atoms with E-state index in [4.69, 9.17) is 0 Å². The highest BCUT2D eigenvalue weighted by atomic mass is 16.4. The fourth-order valence-corrected chi connectivity index (χ4v) is 4.47. The SMILES string of the molecule is CC(=O)N1CC(c2ccc([C@@H](C/C(=N\O)c3ccnc(C)c3)c3ccccc3C)cc2)C1. The van der Waals surface area contributed by atoms with Crippen LogP contribution in [0.1, 0.15) is 58.7 Å². The van der Waals surface area contributed by atoms with Crippen LogP contribution >= 0.6 is 0 Å². The molecule has 0 aliphatic carbocycles. The zero-order valence-electron chi connectivity index (χ0n) is 18.8. The first-order valence-corrected chi connectivity index (χ1v) is 11.0. The second-order valence-electron chi connectivity index (χ2n) is 8.63. The molecule has 2 heterocycles. The Kier molecular flexibility index (Phi) is 6.35. The largest absolute Gasteiger partial charge is 0.411 e. The molecule has 1 aliphatic heterocycles. The number of aryl methyl sites for hydroxylation is 2. The molecular weight excluding hydrogens is 398 g/mol. The van der Waals surface area contributed by atoms with Crippen LogP contribution in [0.2, 0.25) is 0 Å². The Morgan fingerprint density at radius 2 is 1.84 bits per heavy atom. The summed E-state index contributed by atoms with van der Waals surface area (Å²) in [6.07, 6.45) is 2.32. The van der Waals surface area contributed by atoms with Gasteiger partial charge in [0.2, 0.25) is 5.91 Å². The lowest BCUT2D eigenvalue weighted by Crippen LogP contribution is -2.47. The van der Waals surface area contributed by atoms with Crippen LogP contribution in [0.5, 0.6) is 0 Å². The van der Waals surface area contributed by atoms with Crippen LogP contribution in [0.15, 0.2) is 72.0 Å². The highest BCUT2D eigenvalue weighted by Crippen LogP contribution is 2.34. The van der Waals surface area contributed by atoms with E-state index in [2.05, 4.69) is 59.5 Å². The van der Waals surface area contributed by atoms with Crippen LogP contribution in [0, 0.1) is 13.8 Å². The summed E-state index contributed by atoms with van der Waals surface area (Å²) in [5.74, 6) is 0.596. The van der Waals surface area contributed by atoms with Crippen LogP contribution < -0.4 is 0 Å². The molecule has 0 spiro atoms. The number of carbonyl (C=O) groups is 1. The first-order chi connectivity index (χ1) is 15.5. The van der Waals surface area contributed by atoms with E-state index in [1.165, 1.54) is 22.3 Å². The van der Waals surface area contributed by atoms with Crippen LogP contribution in [-0.2, 0) is 4.79 Å². The summed E-state index contributed by atoms with van der Waals surface area (Å²) >= 11 is 0. The molecule has 0 unspecified atom stereocenters. The molecule has 1 N–H and O–H groups in total. The highest BCUT2D eigenvalue weighted by Gasteiger charge is 2.30. The number of hydrogen-bond acceptors (Lipinski definition) is 4. The van der Waals surface area contributed by atoms with Crippen molar-refractivity contribution in [3.8, 4) is 0 Å². The van der Waals surface area contributed by atoms with Crippen LogP contribution in [0.4, 0.5) is 0 Å². The molecule has 2 aromatic carbocycles. The Hall–Kier alpha value is -3.47. The smallest absolute Gasteiger partial charge is 0.219 e. The van der Waals surface area contributed by atoms with E-state index in [0.29, 0.717) is 18.1 Å². The molecule has 1 atom stereocenters. The lowest BCUT2D eigenvalue weighted by Gasteiger charge is -2.39. The average Bonchev–Trinajstić information content (AvgIpc) is 2.75. The summed E-state index contributed by atoms with van der Waals surface area (Å²) in [5, 5.41) is 13.5. The maximum Gasteiger partial charge on any atom is 0.219 e. The predicted octanol–water partition coefficient (Wildman–Crippen LogP) is 5.04. The maximum absolute atomic E-state index is 11.5. The lowest BCUT2D eigenvalue weighted by atomic mass is 9.82. The summed E-state index contributed by atoms with van der Waals surface area (Å²) in [6, 6.07) is 20.9. The van der Waals surface area contributed by atoms with Crippen molar-refractivity contribution in [3.05, 3.63) is 100 Å². The standard InChI is InChI=1S/C27H29N3O2/c1-18-6-4-5-7-25(18)26(15-27(29-32)23-12-13-28-19(2)14-23)22-10-8-21(9-11-22)24-16-30(17-24)20(3)31/h4-14,24,26,32H,15-17H2,1-3H3/b29-27+/t26-/m1/s1. The number of aromatic nitrogens is 1. The molecule has 0 bridgehead atoms. The molecular formula is C27H29N3O2. The topological polar surface area (TPSA) is 65.8 Å². The van der Waals surface area contributed by atoms with Gasteiger partial charge in [-0.25, -0.2) is 0 Å². The minimum atomic E-state index is 0.0553. The Balaban J connectivity index is 1.63. The summed E-state index contributed by atoms with van der Waals surface area (Å²) < 4.78 is 0. The Labute approximate surface area is 189 Å². The van der Waals surface area contributed by atoms with Gasteiger partial charge in [0.15, 0.2) is 0 Å². The third-order valence-corrected chi connectivity index (χ3v) is 6.45. The molecule has 3 aromatic rings. The molecule has 0 saturated carbocycles. The van der Waals surface area contributed by atoms with Crippen molar-refractivity contribution in [1.29, 1.82) is 0 Å². The first kappa shape index (κ1) is 21.8. The van der Waals surface area contributed by atoms with Gasteiger partial charge in [-0.3, -0.25) is 9.78 Å². The quantitative estimate of drug-likeness (QED) is 0.340. The van der Waals surface area contributed by atoms with Crippen molar-refractivity contribution in [2.24, 2.45) is 5.16 Å². The third-order valence-electron chi connectivity index (χ3n) is 6.45. The molecule has 1 saturated heterocycles. The number of benzene rings is 2. The summed E-state index contributed by atoms with van der Waals surface area (Å²) in [5.41, 5.74) is 7.28. The van der Waals surface area contributed by atoms with Gasteiger partial charge < -0.3 is 10.1 Å². The van der Waals surface area contributed by atoms with E-state index in [0.717, 1.165) is 24.3 Å². The molecule has 32 heavy (non-hydrogen) atoms. The molecule has 5 nitrogen and oxygen atoms in total. The molecule has 0 radical (unpaired) electrons. The second kappa shape index (κ2) is 9.35. The van der Waals surface area contributed by atoms with Crippen molar-refractivity contribution in [3.63, 3.8) is 0 Å². The van der Waals surface area contributed by atoms with Crippen LogP contribution in [0.3, 0.4) is 0 Å². The first-order valence-electron chi connectivity index (χ1n) is 11.0. The van der Waals surface area contributed by atoms with Gasteiger partial charge in [-0.2, -0.15) is 0 Å². The van der Waals surface area contributed by atoms with E-state index >= 15 is 0 Å². The fraction of sp³-hybridized carbons (Fsp3) is 0.296. The van der Waals surface area contributed by atoms with Crippen molar-refractivity contribution >= 4 is 11.6 Å².